The second-order valence-electron chi connectivity index (χ2n) is 8.10. The number of amides is 1. The Morgan fingerprint density at radius 2 is 1.93 bits per heavy atom. The van der Waals surface area contributed by atoms with Crippen LogP contribution in [-0.2, 0) is 13.5 Å². The van der Waals surface area contributed by atoms with E-state index >= 15 is 0 Å². The first-order chi connectivity index (χ1) is 13.5. The van der Waals surface area contributed by atoms with Crippen molar-refractivity contribution < 1.29 is 4.79 Å². The van der Waals surface area contributed by atoms with E-state index in [2.05, 4.69) is 48.1 Å². The summed E-state index contributed by atoms with van der Waals surface area (Å²) in [4.78, 5) is 17.4. The normalized spacial score (nSPS) is 15.7. The maximum absolute atomic E-state index is 12.8. The fraction of sp³-hybridized carbons (Fsp3) is 0.565. The van der Waals surface area contributed by atoms with E-state index in [1.54, 1.807) is 4.68 Å². The van der Waals surface area contributed by atoms with Crippen molar-refractivity contribution in [3.05, 3.63) is 52.8 Å². The molecule has 1 aromatic heterocycles. The third-order valence-corrected chi connectivity index (χ3v) is 6.15. The van der Waals surface area contributed by atoms with E-state index in [1.807, 2.05) is 24.9 Å². The third kappa shape index (κ3) is 5.02. The molecule has 1 aliphatic heterocycles. The summed E-state index contributed by atoms with van der Waals surface area (Å²) in [6, 6.07) is 10.6. The number of benzene rings is 1. The number of rotatable bonds is 7. The van der Waals surface area contributed by atoms with Gasteiger partial charge in [0.2, 0.25) is 0 Å². The Morgan fingerprint density at radius 1 is 1.21 bits per heavy atom. The number of carbonyl (C=O) groups excluding carboxylic acids is 1. The molecule has 0 radical (unpaired) electrons. The van der Waals surface area contributed by atoms with Gasteiger partial charge in [0.15, 0.2) is 5.69 Å². The van der Waals surface area contributed by atoms with Gasteiger partial charge in [-0.15, -0.1) is 0 Å². The molecule has 28 heavy (non-hydrogen) atoms. The van der Waals surface area contributed by atoms with Gasteiger partial charge in [-0.25, -0.2) is 0 Å². The second kappa shape index (κ2) is 9.37. The van der Waals surface area contributed by atoms with Crippen molar-refractivity contribution in [1.29, 1.82) is 0 Å². The Labute approximate surface area is 169 Å². The van der Waals surface area contributed by atoms with Crippen LogP contribution in [0.3, 0.4) is 0 Å². The molecule has 0 unspecified atom stereocenters. The van der Waals surface area contributed by atoms with Crippen molar-refractivity contribution in [3.63, 3.8) is 0 Å². The van der Waals surface area contributed by atoms with Crippen molar-refractivity contribution in [2.45, 2.75) is 40.0 Å². The molecule has 2 aromatic rings. The van der Waals surface area contributed by atoms with Crippen LogP contribution in [0.15, 0.2) is 30.3 Å². The lowest BCUT2D eigenvalue weighted by molar-refractivity contribution is 0.0695. The maximum Gasteiger partial charge on any atom is 0.274 e. The number of nitrogens with zero attached hydrogens (tertiary/aromatic N) is 4. The van der Waals surface area contributed by atoms with Crippen molar-refractivity contribution in [2.75, 3.05) is 32.7 Å². The van der Waals surface area contributed by atoms with Gasteiger partial charge in [0.25, 0.3) is 5.91 Å². The standard InChI is InChI=1S/C23H34N4O/c1-5-27(23(28)22-16-19(3)25(4)24-22)17-20-10-13-26(14-11-20)15-12-21-9-7-6-8-18(21)2/h6-9,16,20H,5,10-15,17H2,1-4H3. The number of hydrogen-bond acceptors (Lipinski definition) is 3. The van der Waals surface area contributed by atoms with Gasteiger partial charge in [0.1, 0.15) is 0 Å². The molecule has 0 saturated carbocycles. The highest BCUT2D eigenvalue weighted by Crippen LogP contribution is 2.20. The summed E-state index contributed by atoms with van der Waals surface area (Å²) in [5.41, 5.74) is 4.43. The highest BCUT2D eigenvalue weighted by molar-refractivity contribution is 5.92. The summed E-state index contributed by atoms with van der Waals surface area (Å²) < 4.78 is 1.77. The summed E-state index contributed by atoms with van der Waals surface area (Å²) in [5.74, 6) is 0.650. The summed E-state index contributed by atoms with van der Waals surface area (Å²) in [6.45, 7) is 11.2. The quantitative estimate of drug-likeness (QED) is 0.736. The molecule has 1 aromatic carbocycles. The van der Waals surface area contributed by atoms with E-state index in [4.69, 9.17) is 0 Å². The van der Waals surface area contributed by atoms with Crippen LogP contribution in [0.4, 0.5) is 0 Å². The molecule has 5 nitrogen and oxygen atoms in total. The predicted molar refractivity (Wildman–Crippen MR) is 114 cm³/mol. The molecule has 0 bridgehead atoms. The summed E-state index contributed by atoms with van der Waals surface area (Å²) >= 11 is 0. The average molecular weight is 383 g/mol. The Balaban J connectivity index is 1.47. The van der Waals surface area contributed by atoms with Gasteiger partial charge in [-0.1, -0.05) is 24.3 Å². The lowest BCUT2D eigenvalue weighted by Gasteiger charge is -2.34. The topological polar surface area (TPSA) is 41.4 Å². The lowest BCUT2D eigenvalue weighted by atomic mass is 9.95. The Hall–Kier alpha value is -2.14. The van der Waals surface area contributed by atoms with Crippen LogP contribution in [0.2, 0.25) is 0 Å². The number of likely N-dealkylation sites (tertiary alicyclic amines) is 1. The van der Waals surface area contributed by atoms with Crippen molar-refractivity contribution >= 4 is 5.91 Å². The van der Waals surface area contributed by atoms with E-state index in [-0.39, 0.29) is 5.91 Å². The molecular formula is C23H34N4O. The van der Waals surface area contributed by atoms with E-state index in [0.717, 1.165) is 44.8 Å². The zero-order chi connectivity index (χ0) is 20.1. The van der Waals surface area contributed by atoms with Crippen molar-refractivity contribution in [2.24, 2.45) is 13.0 Å². The molecule has 0 spiro atoms. The molecule has 1 saturated heterocycles. The van der Waals surface area contributed by atoms with Crippen LogP contribution >= 0.6 is 0 Å². The summed E-state index contributed by atoms with van der Waals surface area (Å²) in [7, 11) is 1.88. The number of aromatic nitrogens is 2. The lowest BCUT2D eigenvalue weighted by Crippen LogP contribution is -2.41. The van der Waals surface area contributed by atoms with Gasteiger partial charge < -0.3 is 9.80 Å². The minimum atomic E-state index is 0.0631. The molecule has 5 heteroatoms. The van der Waals surface area contributed by atoms with Crippen LogP contribution in [0, 0.1) is 19.8 Å². The number of hydrogen-bond donors (Lipinski definition) is 0. The molecule has 3 rings (SSSR count). The Bertz CT molecular complexity index is 770. The maximum atomic E-state index is 12.8. The molecule has 0 aliphatic carbocycles. The number of aryl methyl sites for hydroxylation is 3. The number of carbonyl (C=O) groups is 1. The van der Waals surface area contributed by atoms with Gasteiger partial charge in [-0.2, -0.15) is 5.10 Å². The fourth-order valence-corrected chi connectivity index (χ4v) is 4.06. The minimum Gasteiger partial charge on any atom is -0.337 e. The zero-order valence-electron chi connectivity index (χ0n) is 17.8. The molecular weight excluding hydrogens is 348 g/mol. The van der Waals surface area contributed by atoms with E-state index in [9.17, 15) is 4.79 Å². The van der Waals surface area contributed by atoms with Gasteiger partial charge in [0, 0.05) is 32.4 Å². The summed E-state index contributed by atoms with van der Waals surface area (Å²) in [5, 5.41) is 4.36. The monoisotopic (exact) mass is 382 g/mol. The molecule has 1 aliphatic rings. The first kappa shape index (κ1) is 20.6. The van der Waals surface area contributed by atoms with Gasteiger partial charge in [-0.3, -0.25) is 9.48 Å². The molecule has 1 amide bonds. The first-order valence-electron chi connectivity index (χ1n) is 10.5. The SMILES string of the molecule is CCN(CC1CCN(CCc2ccccc2C)CC1)C(=O)c1cc(C)n(C)n1. The van der Waals surface area contributed by atoms with Crippen LogP contribution < -0.4 is 0 Å². The molecule has 2 heterocycles. The smallest absolute Gasteiger partial charge is 0.274 e. The second-order valence-corrected chi connectivity index (χ2v) is 8.10. The van der Waals surface area contributed by atoms with Crippen LogP contribution in [-0.4, -0.2) is 58.2 Å². The van der Waals surface area contributed by atoms with Crippen molar-refractivity contribution in [1.82, 2.24) is 19.6 Å². The molecule has 0 N–H and O–H groups in total. The Kier molecular flexibility index (Phi) is 6.89. The van der Waals surface area contributed by atoms with E-state index in [1.165, 1.54) is 24.0 Å². The molecule has 0 atom stereocenters. The highest BCUT2D eigenvalue weighted by Gasteiger charge is 2.24. The van der Waals surface area contributed by atoms with Crippen LogP contribution in [0.25, 0.3) is 0 Å². The number of piperidine rings is 1. The predicted octanol–water partition coefficient (Wildman–Crippen LogP) is 3.45. The van der Waals surface area contributed by atoms with Gasteiger partial charge >= 0.3 is 0 Å². The summed E-state index contributed by atoms with van der Waals surface area (Å²) in [6.07, 6.45) is 3.45. The Morgan fingerprint density at radius 3 is 2.54 bits per heavy atom. The highest BCUT2D eigenvalue weighted by atomic mass is 16.2. The molecule has 1 fully saturated rings. The van der Waals surface area contributed by atoms with Gasteiger partial charge in [0.05, 0.1) is 0 Å². The average Bonchev–Trinajstić information content (AvgIpc) is 3.04. The van der Waals surface area contributed by atoms with Gasteiger partial charge in [-0.05, 0) is 76.2 Å². The van der Waals surface area contributed by atoms with Crippen molar-refractivity contribution in [3.8, 4) is 0 Å². The van der Waals surface area contributed by atoms with E-state index in [0.29, 0.717) is 11.6 Å². The van der Waals surface area contributed by atoms with E-state index < -0.39 is 0 Å². The third-order valence-electron chi connectivity index (χ3n) is 6.15. The van der Waals surface area contributed by atoms with Crippen LogP contribution in [0.5, 0.6) is 0 Å². The largest absolute Gasteiger partial charge is 0.337 e. The molecule has 152 valence electrons. The zero-order valence-corrected chi connectivity index (χ0v) is 17.8. The van der Waals surface area contributed by atoms with Crippen LogP contribution in [0.1, 0.15) is 47.1 Å². The minimum absolute atomic E-state index is 0.0631. The fourth-order valence-electron chi connectivity index (χ4n) is 4.06. The first-order valence-corrected chi connectivity index (χ1v) is 10.5.